The topological polar surface area (TPSA) is 123 Å². The number of non-ortho nitro benzene ring substituents is 1. The number of nitro groups is 1. The van der Waals surface area contributed by atoms with Crippen molar-refractivity contribution in [1.29, 1.82) is 0 Å². The van der Waals surface area contributed by atoms with E-state index in [1.807, 2.05) is 0 Å². The van der Waals surface area contributed by atoms with Crippen LogP contribution in [0.25, 0.3) is 5.69 Å². The Balaban J connectivity index is 1.94. The molecular weight excluding hydrogens is 350 g/mol. The fourth-order valence-corrected chi connectivity index (χ4v) is 2.46. The first-order valence-electron chi connectivity index (χ1n) is 7.96. The van der Waals surface area contributed by atoms with E-state index >= 15 is 0 Å². The van der Waals surface area contributed by atoms with Gasteiger partial charge in [0.15, 0.2) is 11.5 Å². The highest BCUT2D eigenvalue weighted by Gasteiger charge is 2.13. The second-order valence-corrected chi connectivity index (χ2v) is 5.81. The summed E-state index contributed by atoms with van der Waals surface area (Å²) >= 11 is 0. The van der Waals surface area contributed by atoms with Gasteiger partial charge in [-0.15, -0.1) is 5.11 Å². The number of azo groups is 1. The number of nitrogens with zero attached hydrogens (tertiary/aromatic N) is 4. The zero-order chi connectivity index (χ0) is 19.6. The number of aromatic nitrogens is 2. The molecule has 0 bridgehead atoms. The molecule has 0 unspecified atom stereocenters. The number of H-pyrrole nitrogens is 1. The van der Waals surface area contributed by atoms with E-state index in [-0.39, 0.29) is 22.8 Å². The van der Waals surface area contributed by atoms with E-state index in [9.17, 15) is 19.7 Å². The van der Waals surface area contributed by atoms with Crippen LogP contribution in [0.1, 0.15) is 23.0 Å². The van der Waals surface area contributed by atoms with E-state index in [0.717, 1.165) is 0 Å². The molecule has 2 aromatic carbocycles. The first-order valence-corrected chi connectivity index (χ1v) is 7.96. The standard InChI is InChI=1S/C18H15N5O4/c1-11-17(20-19-14-4-3-5-16(10-14)23(26)27)18(25)22(21-11)15-8-6-13(7-9-15)12(2)24/h3-10,21H,1-2H3. The predicted molar refractivity (Wildman–Crippen MR) is 98.4 cm³/mol. The van der Waals surface area contributed by atoms with Crippen LogP contribution in [0.4, 0.5) is 17.1 Å². The first-order chi connectivity index (χ1) is 12.9. The van der Waals surface area contributed by atoms with Crippen LogP contribution in [0.15, 0.2) is 63.6 Å². The van der Waals surface area contributed by atoms with Crippen LogP contribution < -0.4 is 5.56 Å². The lowest BCUT2D eigenvalue weighted by atomic mass is 10.1. The predicted octanol–water partition coefficient (Wildman–Crippen LogP) is 4.00. The van der Waals surface area contributed by atoms with Crippen molar-refractivity contribution in [3.8, 4) is 5.69 Å². The Morgan fingerprint density at radius 1 is 1.15 bits per heavy atom. The molecule has 0 amide bonds. The zero-order valence-electron chi connectivity index (χ0n) is 14.5. The molecule has 3 aromatic rings. The lowest BCUT2D eigenvalue weighted by Gasteiger charge is -2.02. The zero-order valence-corrected chi connectivity index (χ0v) is 14.5. The summed E-state index contributed by atoms with van der Waals surface area (Å²) in [7, 11) is 0. The summed E-state index contributed by atoms with van der Waals surface area (Å²) in [4.78, 5) is 34.3. The molecule has 1 aromatic heterocycles. The number of carbonyl (C=O) groups is 1. The number of benzene rings is 2. The second kappa shape index (κ2) is 7.16. The number of hydrogen-bond acceptors (Lipinski definition) is 6. The van der Waals surface area contributed by atoms with Gasteiger partial charge in [-0.25, -0.2) is 4.68 Å². The largest absolute Gasteiger partial charge is 0.299 e. The third-order valence-electron chi connectivity index (χ3n) is 3.88. The van der Waals surface area contributed by atoms with Crippen LogP contribution in [0.2, 0.25) is 0 Å². The van der Waals surface area contributed by atoms with Gasteiger partial charge in [-0.1, -0.05) is 6.07 Å². The molecule has 9 nitrogen and oxygen atoms in total. The van der Waals surface area contributed by atoms with Gasteiger partial charge in [-0.2, -0.15) is 5.11 Å². The first kappa shape index (κ1) is 17.9. The minimum Gasteiger partial charge on any atom is -0.295 e. The molecule has 0 atom stereocenters. The second-order valence-electron chi connectivity index (χ2n) is 5.81. The summed E-state index contributed by atoms with van der Waals surface area (Å²) < 4.78 is 1.29. The fourth-order valence-electron chi connectivity index (χ4n) is 2.46. The van der Waals surface area contributed by atoms with Crippen LogP contribution >= 0.6 is 0 Å². The highest BCUT2D eigenvalue weighted by atomic mass is 16.6. The smallest absolute Gasteiger partial charge is 0.295 e. The summed E-state index contributed by atoms with van der Waals surface area (Å²) in [6.45, 7) is 3.13. The van der Waals surface area contributed by atoms with E-state index in [1.54, 1.807) is 37.3 Å². The molecule has 27 heavy (non-hydrogen) atoms. The molecule has 0 aliphatic heterocycles. The molecule has 0 radical (unpaired) electrons. The summed E-state index contributed by atoms with van der Waals surface area (Å²) in [5.74, 6) is -0.0667. The van der Waals surface area contributed by atoms with Gasteiger partial charge in [0, 0.05) is 17.7 Å². The molecule has 0 saturated heterocycles. The molecule has 0 aliphatic carbocycles. The Morgan fingerprint density at radius 3 is 2.48 bits per heavy atom. The number of Topliss-reactive ketones (excluding diaryl/α,β-unsaturated/α-hetero) is 1. The van der Waals surface area contributed by atoms with Crippen molar-refractivity contribution in [2.24, 2.45) is 10.2 Å². The van der Waals surface area contributed by atoms with Gasteiger partial charge >= 0.3 is 0 Å². The summed E-state index contributed by atoms with van der Waals surface area (Å²) in [6.07, 6.45) is 0. The van der Waals surface area contributed by atoms with Crippen LogP contribution in [0.5, 0.6) is 0 Å². The van der Waals surface area contributed by atoms with Gasteiger partial charge in [0.25, 0.3) is 11.2 Å². The number of nitrogens with one attached hydrogen (secondary N) is 1. The maximum absolute atomic E-state index is 12.6. The Kier molecular flexibility index (Phi) is 4.75. The Morgan fingerprint density at radius 2 is 1.85 bits per heavy atom. The van der Waals surface area contributed by atoms with Crippen LogP contribution in [0.3, 0.4) is 0 Å². The lowest BCUT2D eigenvalue weighted by Crippen LogP contribution is -2.14. The maximum atomic E-state index is 12.6. The lowest BCUT2D eigenvalue weighted by molar-refractivity contribution is -0.384. The summed E-state index contributed by atoms with van der Waals surface area (Å²) in [5.41, 5.74) is 1.41. The van der Waals surface area contributed by atoms with Crippen LogP contribution in [0, 0.1) is 17.0 Å². The number of rotatable bonds is 5. The molecule has 0 fully saturated rings. The Bertz CT molecular complexity index is 1110. The summed E-state index contributed by atoms with van der Waals surface area (Å²) in [6, 6.07) is 12.2. The number of carbonyl (C=O) groups excluding carboxylic acids is 1. The minimum absolute atomic E-state index is 0.0667. The summed E-state index contributed by atoms with van der Waals surface area (Å²) in [5, 5.41) is 21.6. The van der Waals surface area contributed by atoms with E-state index in [0.29, 0.717) is 16.9 Å². The highest BCUT2D eigenvalue weighted by molar-refractivity contribution is 5.94. The molecule has 0 saturated carbocycles. The average Bonchev–Trinajstić information content (AvgIpc) is 2.94. The molecule has 0 aliphatic rings. The molecular formula is C18H15N5O4. The number of aromatic amines is 1. The van der Waals surface area contributed by atoms with Crippen molar-refractivity contribution in [2.45, 2.75) is 13.8 Å². The Hall–Kier alpha value is -3.88. The molecule has 1 N–H and O–H groups in total. The molecule has 0 spiro atoms. The van der Waals surface area contributed by atoms with Gasteiger partial charge in [0.2, 0.25) is 0 Å². The maximum Gasteiger partial charge on any atom is 0.299 e. The molecule has 1 heterocycles. The van der Waals surface area contributed by atoms with Gasteiger partial charge in [0.05, 0.1) is 22.0 Å². The quantitative estimate of drug-likeness (QED) is 0.318. The van der Waals surface area contributed by atoms with Gasteiger partial charge in [-0.05, 0) is 44.2 Å². The van der Waals surface area contributed by atoms with E-state index in [4.69, 9.17) is 0 Å². The SMILES string of the molecule is CC(=O)c1ccc(-n2[nH]c(C)c(N=Nc3cccc([N+](=O)[O-])c3)c2=O)cc1. The van der Waals surface area contributed by atoms with Crippen LogP contribution in [-0.4, -0.2) is 20.5 Å². The number of hydrogen-bond donors (Lipinski definition) is 1. The van der Waals surface area contributed by atoms with Gasteiger partial charge < -0.3 is 0 Å². The molecule has 136 valence electrons. The van der Waals surface area contributed by atoms with Crippen molar-refractivity contribution >= 4 is 22.8 Å². The third-order valence-corrected chi connectivity index (χ3v) is 3.88. The average molecular weight is 365 g/mol. The number of ketones is 1. The van der Waals surface area contributed by atoms with Gasteiger partial charge in [-0.3, -0.25) is 24.8 Å². The van der Waals surface area contributed by atoms with Crippen molar-refractivity contribution in [3.05, 3.63) is 80.3 Å². The van der Waals surface area contributed by atoms with Crippen molar-refractivity contribution in [1.82, 2.24) is 9.78 Å². The fraction of sp³-hybridized carbons (Fsp3) is 0.111. The molecule has 9 heteroatoms. The number of aryl methyl sites for hydroxylation is 1. The Labute approximate surface area is 153 Å². The van der Waals surface area contributed by atoms with Crippen molar-refractivity contribution < 1.29 is 9.72 Å². The van der Waals surface area contributed by atoms with E-state index < -0.39 is 10.5 Å². The minimum atomic E-state index is -0.530. The highest BCUT2D eigenvalue weighted by Crippen LogP contribution is 2.22. The normalized spacial score (nSPS) is 11.0. The third kappa shape index (κ3) is 3.71. The van der Waals surface area contributed by atoms with E-state index in [1.165, 1.54) is 29.8 Å². The number of nitro benzene ring substituents is 1. The molecule has 3 rings (SSSR count). The van der Waals surface area contributed by atoms with Crippen molar-refractivity contribution in [3.63, 3.8) is 0 Å². The van der Waals surface area contributed by atoms with Crippen LogP contribution in [-0.2, 0) is 0 Å². The van der Waals surface area contributed by atoms with Crippen molar-refractivity contribution in [2.75, 3.05) is 0 Å². The van der Waals surface area contributed by atoms with Gasteiger partial charge in [0.1, 0.15) is 0 Å². The van der Waals surface area contributed by atoms with E-state index in [2.05, 4.69) is 15.3 Å². The monoisotopic (exact) mass is 365 g/mol.